The lowest BCUT2D eigenvalue weighted by Crippen LogP contribution is -2.10. The first-order chi connectivity index (χ1) is 9.10. The second kappa shape index (κ2) is 5.69. The lowest BCUT2D eigenvalue weighted by Gasteiger charge is -1.96. The average molecular weight is 276 g/mol. The van der Waals surface area contributed by atoms with Crippen LogP contribution in [-0.2, 0) is 0 Å². The number of hydrogen-bond acceptors (Lipinski definition) is 5. The van der Waals surface area contributed by atoms with Crippen molar-refractivity contribution in [3.8, 4) is 11.8 Å². The predicted molar refractivity (Wildman–Crippen MR) is 72.2 cm³/mol. The number of aliphatic hydroxyl groups is 1. The highest BCUT2D eigenvalue weighted by Gasteiger charge is 2.13. The number of nitrogens with zero attached hydrogens (tertiary/aromatic N) is 1. The van der Waals surface area contributed by atoms with Crippen LogP contribution >= 0.6 is 11.3 Å². The third-order valence-corrected chi connectivity index (χ3v) is 3.44. The van der Waals surface area contributed by atoms with Crippen molar-refractivity contribution in [1.82, 2.24) is 5.16 Å². The van der Waals surface area contributed by atoms with E-state index in [1.807, 2.05) is 6.92 Å². The van der Waals surface area contributed by atoms with Gasteiger partial charge in [-0.15, -0.1) is 11.3 Å². The maximum absolute atomic E-state index is 12.0. The van der Waals surface area contributed by atoms with Gasteiger partial charge >= 0.3 is 0 Å². The second-order valence-electron chi connectivity index (χ2n) is 3.86. The lowest BCUT2D eigenvalue weighted by molar-refractivity contribution is 0.102. The van der Waals surface area contributed by atoms with E-state index < -0.39 is 0 Å². The molecule has 6 heteroatoms. The maximum Gasteiger partial charge on any atom is 0.267 e. The average Bonchev–Trinajstić information content (AvgIpc) is 2.93. The van der Waals surface area contributed by atoms with E-state index in [4.69, 9.17) is 9.63 Å². The lowest BCUT2D eigenvalue weighted by atomic mass is 10.2. The smallest absolute Gasteiger partial charge is 0.267 e. The molecule has 5 nitrogen and oxygen atoms in total. The number of aromatic nitrogens is 1. The topological polar surface area (TPSA) is 75.4 Å². The molecule has 2 rings (SSSR count). The number of nitrogens with one attached hydrogen (secondary N) is 1. The summed E-state index contributed by atoms with van der Waals surface area (Å²) in [5, 5.41) is 15.0. The molecule has 0 atom stereocenters. The molecule has 0 bridgehead atoms. The number of carbonyl (C=O) groups is 1. The van der Waals surface area contributed by atoms with E-state index in [-0.39, 0.29) is 12.5 Å². The molecule has 2 aromatic rings. The van der Waals surface area contributed by atoms with Crippen LogP contribution in [0, 0.1) is 25.7 Å². The Morgan fingerprint density at radius 2 is 2.32 bits per heavy atom. The van der Waals surface area contributed by atoms with Gasteiger partial charge in [0.05, 0.1) is 9.75 Å². The highest BCUT2D eigenvalue weighted by molar-refractivity contribution is 7.14. The Kier molecular flexibility index (Phi) is 4.00. The van der Waals surface area contributed by atoms with Gasteiger partial charge in [-0.25, -0.2) is 0 Å². The van der Waals surface area contributed by atoms with E-state index in [1.54, 1.807) is 19.1 Å². The Morgan fingerprint density at radius 3 is 2.95 bits per heavy atom. The number of anilines is 1. The highest BCUT2D eigenvalue weighted by Crippen LogP contribution is 2.22. The zero-order chi connectivity index (χ0) is 13.8. The van der Waals surface area contributed by atoms with E-state index >= 15 is 0 Å². The first-order valence-electron chi connectivity index (χ1n) is 5.55. The first-order valence-corrected chi connectivity index (χ1v) is 6.36. The summed E-state index contributed by atoms with van der Waals surface area (Å²) in [4.78, 5) is 13.3. The molecule has 0 fully saturated rings. The molecule has 19 heavy (non-hydrogen) atoms. The number of aliphatic hydroxyl groups excluding tert-OH is 1. The Labute approximate surface area is 114 Å². The van der Waals surface area contributed by atoms with Crippen molar-refractivity contribution < 1.29 is 14.4 Å². The minimum Gasteiger partial charge on any atom is -0.384 e. The number of hydrogen-bond donors (Lipinski definition) is 2. The van der Waals surface area contributed by atoms with E-state index in [9.17, 15) is 4.79 Å². The molecule has 0 unspecified atom stereocenters. The van der Waals surface area contributed by atoms with Crippen LogP contribution in [0.3, 0.4) is 0 Å². The SMILES string of the molecule is Cc1cc(NC(=O)c2cc(C)c(C#CCO)s2)no1. The van der Waals surface area contributed by atoms with E-state index in [2.05, 4.69) is 22.3 Å². The molecule has 2 N–H and O–H groups in total. The third kappa shape index (κ3) is 3.22. The normalized spacial score (nSPS) is 9.84. The largest absolute Gasteiger partial charge is 0.384 e. The van der Waals surface area contributed by atoms with Crippen molar-refractivity contribution in [2.75, 3.05) is 11.9 Å². The van der Waals surface area contributed by atoms with Gasteiger partial charge in [-0.1, -0.05) is 17.0 Å². The van der Waals surface area contributed by atoms with Gasteiger partial charge in [0.25, 0.3) is 5.91 Å². The van der Waals surface area contributed by atoms with Gasteiger partial charge in [-0.05, 0) is 25.5 Å². The van der Waals surface area contributed by atoms with Crippen molar-refractivity contribution >= 4 is 23.1 Å². The van der Waals surface area contributed by atoms with Crippen LogP contribution in [0.15, 0.2) is 16.7 Å². The van der Waals surface area contributed by atoms with Gasteiger partial charge in [0.2, 0.25) is 0 Å². The van der Waals surface area contributed by atoms with Crippen LogP contribution in [0.1, 0.15) is 25.9 Å². The van der Waals surface area contributed by atoms with Crippen molar-refractivity contribution in [2.24, 2.45) is 0 Å². The number of thiophene rings is 1. The van der Waals surface area contributed by atoms with Crippen molar-refractivity contribution in [2.45, 2.75) is 13.8 Å². The second-order valence-corrected chi connectivity index (χ2v) is 4.91. The minimum atomic E-state index is -0.251. The summed E-state index contributed by atoms with van der Waals surface area (Å²) < 4.78 is 4.87. The van der Waals surface area contributed by atoms with Gasteiger partial charge in [0.1, 0.15) is 12.4 Å². The zero-order valence-electron chi connectivity index (χ0n) is 10.5. The van der Waals surface area contributed by atoms with Crippen molar-refractivity contribution in [3.05, 3.63) is 33.2 Å². The molecule has 2 aromatic heterocycles. The molecule has 0 spiro atoms. The van der Waals surface area contributed by atoms with Gasteiger partial charge < -0.3 is 14.9 Å². The van der Waals surface area contributed by atoms with E-state index in [1.165, 1.54) is 11.3 Å². The molecular formula is C13H12N2O3S. The fraction of sp³-hybridized carbons (Fsp3) is 0.231. The van der Waals surface area contributed by atoms with Crippen LogP contribution in [0.2, 0.25) is 0 Å². The standard InChI is InChI=1S/C13H12N2O3S/c1-8-6-11(19-10(8)4-3-5-16)13(17)14-12-7-9(2)18-15-12/h6-7,16H,5H2,1-2H3,(H,14,15,17). The number of rotatable bonds is 2. The molecule has 0 aromatic carbocycles. The number of amides is 1. The van der Waals surface area contributed by atoms with Crippen LogP contribution in [0.5, 0.6) is 0 Å². The monoisotopic (exact) mass is 276 g/mol. The molecule has 2 heterocycles. The van der Waals surface area contributed by atoms with Crippen LogP contribution in [0.25, 0.3) is 0 Å². The molecule has 0 saturated heterocycles. The summed E-state index contributed by atoms with van der Waals surface area (Å²) in [5.41, 5.74) is 0.910. The first kappa shape index (κ1) is 13.3. The summed E-state index contributed by atoms with van der Waals surface area (Å²) in [6.07, 6.45) is 0. The Balaban J connectivity index is 2.15. The zero-order valence-corrected chi connectivity index (χ0v) is 11.3. The third-order valence-electron chi connectivity index (χ3n) is 2.29. The molecular weight excluding hydrogens is 264 g/mol. The summed E-state index contributed by atoms with van der Waals surface area (Å²) in [7, 11) is 0. The van der Waals surface area contributed by atoms with Gasteiger partial charge in [-0.3, -0.25) is 4.79 Å². The maximum atomic E-state index is 12.0. The predicted octanol–water partition coefficient (Wildman–Crippen LogP) is 1.95. The van der Waals surface area contributed by atoms with Gasteiger partial charge in [0, 0.05) is 6.07 Å². The molecule has 1 amide bonds. The highest BCUT2D eigenvalue weighted by atomic mass is 32.1. The van der Waals surface area contributed by atoms with Gasteiger partial charge in [-0.2, -0.15) is 0 Å². The molecule has 98 valence electrons. The number of carbonyl (C=O) groups excluding carboxylic acids is 1. The molecule has 0 saturated carbocycles. The fourth-order valence-electron chi connectivity index (χ4n) is 1.44. The van der Waals surface area contributed by atoms with Crippen LogP contribution < -0.4 is 5.32 Å². The summed E-state index contributed by atoms with van der Waals surface area (Å²) in [6, 6.07) is 3.40. The van der Waals surface area contributed by atoms with Crippen LogP contribution in [-0.4, -0.2) is 22.8 Å². The number of aryl methyl sites for hydroxylation is 2. The van der Waals surface area contributed by atoms with Gasteiger partial charge in [0.15, 0.2) is 5.82 Å². The van der Waals surface area contributed by atoms with E-state index in [0.29, 0.717) is 16.5 Å². The molecule has 0 radical (unpaired) electrons. The summed E-state index contributed by atoms with van der Waals surface area (Å²) in [5.74, 6) is 6.14. The van der Waals surface area contributed by atoms with E-state index in [0.717, 1.165) is 10.4 Å². The summed E-state index contributed by atoms with van der Waals surface area (Å²) in [6.45, 7) is 3.42. The minimum absolute atomic E-state index is 0.197. The molecule has 0 aliphatic rings. The molecule has 0 aliphatic carbocycles. The quantitative estimate of drug-likeness (QED) is 0.822. The Hall–Kier alpha value is -2.10. The Bertz CT molecular complexity index is 661. The Morgan fingerprint density at radius 1 is 1.53 bits per heavy atom. The van der Waals surface area contributed by atoms with Crippen LogP contribution in [0.4, 0.5) is 5.82 Å². The fourth-order valence-corrected chi connectivity index (χ4v) is 2.38. The summed E-state index contributed by atoms with van der Waals surface area (Å²) >= 11 is 1.28. The van der Waals surface area contributed by atoms with Crippen molar-refractivity contribution in [3.63, 3.8) is 0 Å². The van der Waals surface area contributed by atoms with Crippen molar-refractivity contribution in [1.29, 1.82) is 0 Å². The molecule has 0 aliphatic heterocycles.